The second kappa shape index (κ2) is 2.53. The van der Waals surface area contributed by atoms with Gasteiger partial charge in [-0.1, -0.05) is 18.7 Å². The Bertz CT molecular complexity index is 153. The number of hydrogen-bond acceptors (Lipinski definition) is 1. The van der Waals surface area contributed by atoms with Crippen LogP contribution in [0.25, 0.3) is 0 Å². The molecule has 1 aliphatic rings. The van der Waals surface area contributed by atoms with Gasteiger partial charge in [0.1, 0.15) is 6.10 Å². The maximum absolute atomic E-state index is 5.24. The van der Waals surface area contributed by atoms with E-state index in [0.29, 0.717) is 0 Å². The maximum Gasteiger partial charge on any atom is 0.135 e. The van der Waals surface area contributed by atoms with Crippen molar-refractivity contribution in [3.63, 3.8) is 0 Å². The second-order valence-electron chi connectivity index (χ2n) is 2.05. The molecule has 0 saturated heterocycles. The highest BCUT2D eigenvalue weighted by atomic mass is 16.5. The third kappa shape index (κ3) is 1.76. The van der Waals surface area contributed by atoms with E-state index in [2.05, 4.69) is 6.58 Å². The summed E-state index contributed by atoms with van der Waals surface area (Å²) in [5, 5.41) is 0. The molecule has 1 heteroatoms. The van der Waals surface area contributed by atoms with Crippen molar-refractivity contribution in [3.05, 3.63) is 36.6 Å². The molecule has 48 valence electrons. The van der Waals surface area contributed by atoms with Crippen LogP contribution in [0.1, 0.15) is 6.92 Å². The average Bonchev–Trinajstić information content (AvgIpc) is 2.15. The van der Waals surface area contributed by atoms with Crippen molar-refractivity contribution in [1.29, 1.82) is 0 Å². The Hall–Kier alpha value is -0.980. The molecule has 0 aromatic heterocycles. The minimum atomic E-state index is 0.127. The molecule has 9 heavy (non-hydrogen) atoms. The normalized spacial score (nSPS) is 16.6. The van der Waals surface area contributed by atoms with Crippen LogP contribution in [0.2, 0.25) is 0 Å². The molecule has 0 N–H and O–H groups in total. The summed E-state index contributed by atoms with van der Waals surface area (Å²) in [6.45, 7) is 5.48. The molecule has 0 aromatic carbocycles. The lowest BCUT2D eigenvalue weighted by atomic mass is 10.4. The molecular weight excluding hydrogens is 112 g/mol. The molecule has 1 rings (SSSR count). The van der Waals surface area contributed by atoms with Gasteiger partial charge in [0.2, 0.25) is 0 Å². The summed E-state index contributed by atoms with van der Waals surface area (Å²) in [6.07, 6.45) is 8.02. The molecule has 1 nitrogen and oxygen atoms in total. The number of hydrogen-bond donors (Lipinski definition) is 0. The van der Waals surface area contributed by atoms with E-state index in [0.717, 1.165) is 5.76 Å². The van der Waals surface area contributed by atoms with Crippen LogP contribution in [-0.4, -0.2) is 6.10 Å². The van der Waals surface area contributed by atoms with Gasteiger partial charge in [0.15, 0.2) is 0 Å². The van der Waals surface area contributed by atoms with Crippen LogP contribution in [0, 0.1) is 0 Å². The average molecular weight is 122 g/mol. The first-order chi connectivity index (χ1) is 4.29. The SMILES string of the molecule is C=C(C)OC1C=CC=C1. The molecule has 0 aromatic rings. The quantitative estimate of drug-likeness (QED) is 0.509. The smallest absolute Gasteiger partial charge is 0.135 e. The molecule has 0 aliphatic heterocycles. The molecule has 0 bridgehead atoms. The van der Waals surface area contributed by atoms with Crippen LogP contribution < -0.4 is 0 Å². The minimum absolute atomic E-state index is 0.127. The molecule has 0 atom stereocenters. The Balaban J connectivity index is 2.37. The van der Waals surface area contributed by atoms with Crippen molar-refractivity contribution in [1.82, 2.24) is 0 Å². The van der Waals surface area contributed by atoms with E-state index in [1.54, 1.807) is 0 Å². The van der Waals surface area contributed by atoms with Crippen molar-refractivity contribution in [3.8, 4) is 0 Å². The fourth-order valence-electron chi connectivity index (χ4n) is 0.722. The van der Waals surface area contributed by atoms with Gasteiger partial charge in [0, 0.05) is 0 Å². The number of allylic oxidation sites excluding steroid dienone is 3. The molecule has 0 amide bonds. The lowest BCUT2D eigenvalue weighted by molar-refractivity contribution is 0.197. The topological polar surface area (TPSA) is 9.23 Å². The highest BCUT2D eigenvalue weighted by molar-refractivity contribution is 5.19. The summed E-state index contributed by atoms with van der Waals surface area (Å²) in [7, 11) is 0. The van der Waals surface area contributed by atoms with Gasteiger partial charge in [-0.05, 0) is 19.1 Å². The highest BCUT2D eigenvalue weighted by Gasteiger charge is 2.01. The van der Waals surface area contributed by atoms with Crippen molar-refractivity contribution in [2.45, 2.75) is 13.0 Å². The van der Waals surface area contributed by atoms with E-state index in [1.807, 2.05) is 31.2 Å². The fourth-order valence-corrected chi connectivity index (χ4v) is 0.722. The lowest BCUT2D eigenvalue weighted by Crippen LogP contribution is -2.00. The van der Waals surface area contributed by atoms with Crippen molar-refractivity contribution in [2.24, 2.45) is 0 Å². The maximum atomic E-state index is 5.24. The molecule has 0 heterocycles. The van der Waals surface area contributed by atoms with E-state index < -0.39 is 0 Å². The standard InChI is InChI=1S/C8H10O/c1-7(2)9-8-5-3-4-6-8/h3-6,8H,1H2,2H3. The van der Waals surface area contributed by atoms with E-state index in [9.17, 15) is 0 Å². The third-order valence-corrected chi connectivity index (χ3v) is 1.05. The summed E-state index contributed by atoms with van der Waals surface area (Å²) < 4.78 is 5.24. The number of rotatable bonds is 2. The Morgan fingerprint density at radius 2 is 2.00 bits per heavy atom. The number of ether oxygens (including phenoxy) is 1. The molecule has 0 fully saturated rings. The first-order valence-corrected chi connectivity index (χ1v) is 2.96. The molecular formula is C8H10O. The summed E-state index contributed by atoms with van der Waals surface area (Å²) in [4.78, 5) is 0. The summed E-state index contributed by atoms with van der Waals surface area (Å²) >= 11 is 0. The molecule has 0 spiro atoms. The zero-order valence-corrected chi connectivity index (χ0v) is 5.50. The van der Waals surface area contributed by atoms with Crippen LogP contribution in [0.4, 0.5) is 0 Å². The lowest BCUT2D eigenvalue weighted by Gasteiger charge is -2.07. The van der Waals surface area contributed by atoms with Crippen molar-refractivity contribution in [2.75, 3.05) is 0 Å². The van der Waals surface area contributed by atoms with Gasteiger partial charge in [-0.2, -0.15) is 0 Å². The second-order valence-corrected chi connectivity index (χ2v) is 2.05. The van der Waals surface area contributed by atoms with Crippen LogP contribution in [0.15, 0.2) is 36.6 Å². The zero-order chi connectivity index (χ0) is 6.69. The fraction of sp³-hybridized carbons (Fsp3) is 0.250. The molecule has 1 aliphatic carbocycles. The predicted octanol–water partition coefficient (Wildman–Crippen LogP) is 2.03. The zero-order valence-electron chi connectivity index (χ0n) is 5.50. The Morgan fingerprint density at radius 3 is 2.44 bits per heavy atom. The summed E-state index contributed by atoms with van der Waals surface area (Å²) in [5.41, 5.74) is 0. The Kier molecular flexibility index (Phi) is 1.73. The predicted molar refractivity (Wildman–Crippen MR) is 38.0 cm³/mol. The van der Waals surface area contributed by atoms with Crippen LogP contribution in [-0.2, 0) is 4.74 Å². The van der Waals surface area contributed by atoms with Gasteiger partial charge >= 0.3 is 0 Å². The third-order valence-electron chi connectivity index (χ3n) is 1.05. The van der Waals surface area contributed by atoms with Gasteiger partial charge in [-0.15, -0.1) is 0 Å². The molecule has 0 saturated carbocycles. The van der Waals surface area contributed by atoms with Gasteiger partial charge in [0.05, 0.1) is 5.76 Å². The Labute approximate surface area is 55.3 Å². The first kappa shape index (κ1) is 6.14. The van der Waals surface area contributed by atoms with Crippen molar-refractivity contribution >= 4 is 0 Å². The van der Waals surface area contributed by atoms with Gasteiger partial charge in [-0.25, -0.2) is 0 Å². The van der Waals surface area contributed by atoms with Crippen LogP contribution >= 0.6 is 0 Å². The first-order valence-electron chi connectivity index (χ1n) is 2.96. The van der Waals surface area contributed by atoms with E-state index in [4.69, 9.17) is 4.74 Å². The Morgan fingerprint density at radius 1 is 1.44 bits per heavy atom. The largest absolute Gasteiger partial charge is 0.488 e. The highest BCUT2D eigenvalue weighted by Crippen LogP contribution is 2.07. The van der Waals surface area contributed by atoms with Crippen LogP contribution in [0.5, 0.6) is 0 Å². The summed E-state index contributed by atoms with van der Waals surface area (Å²) in [6, 6.07) is 0. The van der Waals surface area contributed by atoms with Crippen LogP contribution in [0.3, 0.4) is 0 Å². The summed E-state index contributed by atoms with van der Waals surface area (Å²) in [5.74, 6) is 0.760. The van der Waals surface area contributed by atoms with E-state index in [-0.39, 0.29) is 6.10 Å². The van der Waals surface area contributed by atoms with Gasteiger partial charge in [0.25, 0.3) is 0 Å². The van der Waals surface area contributed by atoms with E-state index in [1.165, 1.54) is 0 Å². The monoisotopic (exact) mass is 122 g/mol. The minimum Gasteiger partial charge on any atom is -0.488 e. The van der Waals surface area contributed by atoms with Crippen molar-refractivity contribution < 1.29 is 4.74 Å². The molecule has 0 unspecified atom stereocenters. The van der Waals surface area contributed by atoms with Gasteiger partial charge in [-0.3, -0.25) is 0 Å². The van der Waals surface area contributed by atoms with E-state index >= 15 is 0 Å². The van der Waals surface area contributed by atoms with Gasteiger partial charge < -0.3 is 4.74 Å². The molecule has 0 radical (unpaired) electrons.